The third-order valence-electron chi connectivity index (χ3n) is 3.65. The van der Waals surface area contributed by atoms with Crippen molar-refractivity contribution in [2.45, 2.75) is 12.3 Å². The van der Waals surface area contributed by atoms with Crippen molar-refractivity contribution in [3.63, 3.8) is 0 Å². The van der Waals surface area contributed by atoms with E-state index in [0.717, 1.165) is 5.56 Å². The van der Waals surface area contributed by atoms with Crippen LogP contribution in [0.5, 0.6) is 17.2 Å². The number of benzene rings is 1. The second-order valence-corrected chi connectivity index (χ2v) is 5.97. The van der Waals surface area contributed by atoms with Crippen molar-refractivity contribution in [1.82, 2.24) is 4.90 Å². The quantitative estimate of drug-likeness (QED) is 0.677. The van der Waals surface area contributed by atoms with Gasteiger partial charge in [-0.3, -0.25) is 4.79 Å². The minimum absolute atomic E-state index is 0.108. The maximum Gasteiger partial charge on any atom is 0.233 e. The summed E-state index contributed by atoms with van der Waals surface area (Å²) in [5.41, 5.74) is 0.900. The first-order valence-electron chi connectivity index (χ1n) is 7.45. The topological polar surface area (TPSA) is 57.2 Å². The molecule has 1 aromatic rings. The molecule has 1 unspecified atom stereocenters. The first-order valence-corrected chi connectivity index (χ1v) is 8.49. The van der Waals surface area contributed by atoms with E-state index in [0.29, 0.717) is 42.8 Å². The van der Waals surface area contributed by atoms with Gasteiger partial charge < -0.3 is 23.8 Å². The van der Waals surface area contributed by atoms with Crippen LogP contribution in [0, 0.1) is 0 Å². The summed E-state index contributed by atoms with van der Waals surface area (Å²) in [4.78, 5) is 14.0. The molecule has 0 radical (unpaired) electrons. The van der Waals surface area contributed by atoms with Crippen LogP contribution in [0.3, 0.4) is 0 Å². The number of methoxy groups -OCH3 is 3. The van der Waals surface area contributed by atoms with Gasteiger partial charge in [0, 0.05) is 24.8 Å². The fourth-order valence-corrected chi connectivity index (χ4v) is 3.74. The summed E-state index contributed by atoms with van der Waals surface area (Å²) in [5.74, 6) is 2.46. The normalized spacial score (nSPS) is 17.5. The van der Waals surface area contributed by atoms with Crippen molar-refractivity contribution in [2.75, 3.05) is 46.8 Å². The fraction of sp³-hybridized carbons (Fsp3) is 0.562. The van der Waals surface area contributed by atoms with Gasteiger partial charge in [0.1, 0.15) is 11.1 Å². The zero-order valence-corrected chi connectivity index (χ0v) is 14.8. The predicted octanol–water partition coefficient (Wildman–Crippen LogP) is 2.32. The minimum Gasteiger partial charge on any atom is -0.496 e. The van der Waals surface area contributed by atoms with Crippen LogP contribution < -0.4 is 14.2 Å². The van der Waals surface area contributed by atoms with E-state index < -0.39 is 0 Å². The molecule has 1 aromatic carbocycles. The molecule has 128 valence electrons. The molecular weight excluding hydrogens is 318 g/mol. The van der Waals surface area contributed by atoms with Gasteiger partial charge in [0.2, 0.25) is 5.91 Å². The molecule has 2 rings (SSSR count). The Morgan fingerprint density at radius 2 is 1.78 bits per heavy atom. The molecule has 0 aliphatic carbocycles. The van der Waals surface area contributed by atoms with Crippen molar-refractivity contribution >= 4 is 17.7 Å². The lowest BCUT2D eigenvalue weighted by Gasteiger charge is -2.26. The van der Waals surface area contributed by atoms with Crippen LogP contribution in [0.25, 0.3) is 0 Å². The lowest BCUT2D eigenvalue weighted by atomic mass is 10.1. The maximum atomic E-state index is 12.2. The molecule has 7 heteroatoms. The molecule has 1 saturated heterocycles. The van der Waals surface area contributed by atoms with E-state index >= 15 is 0 Å². The number of ether oxygens (including phenoxy) is 4. The summed E-state index contributed by atoms with van der Waals surface area (Å²) in [6.07, 6.45) is 0. The SMILES string of the molecule is CCOCCN1C(=O)CSC1c1cc(OC)c(OC)cc1OC. The second kappa shape index (κ2) is 8.31. The Bertz CT molecular complexity index is 552. The molecule has 0 saturated carbocycles. The Hall–Kier alpha value is -1.60. The minimum atomic E-state index is -0.113. The molecule has 0 spiro atoms. The Kier molecular flexibility index (Phi) is 6.41. The number of nitrogens with zero attached hydrogens (tertiary/aromatic N) is 1. The second-order valence-electron chi connectivity index (χ2n) is 4.90. The van der Waals surface area contributed by atoms with E-state index in [4.69, 9.17) is 18.9 Å². The van der Waals surface area contributed by atoms with Crippen LogP contribution in [0.2, 0.25) is 0 Å². The van der Waals surface area contributed by atoms with Crippen molar-refractivity contribution in [1.29, 1.82) is 0 Å². The monoisotopic (exact) mass is 341 g/mol. The summed E-state index contributed by atoms with van der Waals surface area (Å²) in [6, 6.07) is 3.67. The summed E-state index contributed by atoms with van der Waals surface area (Å²) in [7, 11) is 4.78. The summed E-state index contributed by atoms with van der Waals surface area (Å²) in [6.45, 7) is 3.66. The van der Waals surface area contributed by atoms with Crippen molar-refractivity contribution in [3.8, 4) is 17.2 Å². The van der Waals surface area contributed by atoms with Gasteiger partial charge in [0.05, 0.1) is 33.7 Å². The van der Waals surface area contributed by atoms with Gasteiger partial charge in [-0.05, 0) is 13.0 Å². The molecule has 1 aliphatic rings. The van der Waals surface area contributed by atoms with Crippen LogP contribution >= 0.6 is 11.8 Å². The highest BCUT2D eigenvalue weighted by molar-refractivity contribution is 8.00. The van der Waals surface area contributed by atoms with Gasteiger partial charge in [-0.2, -0.15) is 0 Å². The molecule has 23 heavy (non-hydrogen) atoms. The molecule has 1 amide bonds. The van der Waals surface area contributed by atoms with E-state index in [9.17, 15) is 4.79 Å². The first-order chi connectivity index (χ1) is 11.2. The predicted molar refractivity (Wildman–Crippen MR) is 89.5 cm³/mol. The zero-order valence-electron chi connectivity index (χ0n) is 14.0. The van der Waals surface area contributed by atoms with Gasteiger partial charge in [0.15, 0.2) is 11.5 Å². The number of hydrogen-bond acceptors (Lipinski definition) is 6. The third-order valence-corrected chi connectivity index (χ3v) is 4.89. The van der Waals surface area contributed by atoms with Crippen LogP contribution in [0.1, 0.15) is 17.9 Å². The molecule has 0 N–H and O–H groups in total. The van der Waals surface area contributed by atoms with E-state index in [1.54, 1.807) is 39.2 Å². The first kappa shape index (κ1) is 17.7. The van der Waals surface area contributed by atoms with E-state index in [1.807, 2.05) is 17.9 Å². The van der Waals surface area contributed by atoms with Crippen LogP contribution in [0.15, 0.2) is 12.1 Å². The highest BCUT2D eigenvalue weighted by Crippen LogP contribution is 2.46. The van der Waals surface area contributed by atoms with Crippen molar-refractivity contribution < 1.29 is 23.7 Å². The smallest absolute Gasteiger partial charge is 0.233 e. The van der Waals surface area contributed by atoms with Crippen molar-refractivity contribution in [2.24, 2.45) is 0 Å². The molecule has 1 aliphatic heterocycles. The molecular formula is C16H23NO5S. The number of hydrogen-bond donors (Lipinski definition) is 0. The van der Waals surface area contributed by atoms with Gasteiger partial charge in [-0.15, -0.1) is 11.8 Å². The number of carbonyl (C=O) groups is 1. The van der Waals surface area contributed by atoms with E-state index in [-0.39, 0.29) is 11.3 Å². The lowest BCUT2D eigenvalue weighted by molar-refractivity contribution is -0.128. The third kappa shape index (κ3) is 3.84. The number of amides is 1. The number of thioether (sulfide) groups is 1. The van der Waals surface area contributed by atoms with E-state index in [1.165, 1.54) is 0 Å². The zero-order chi connectivity index (χ0) is 16.8. The molecule has 1 heterocycles. The average molecular weight is 341 g/mol. The highest BCUT2D eigenvalue weighted by Gasteiger charge is 2.35. The van der Waals surface area contributed by atoms with Gasteiger partial charge in [-0.25, -0.2) is 0 Å². The van der Waals surface area contributed by atoms with E-state index in [2.05, 4.69) is 0 Å². The molecule has 0 aromatic heterocycles. The van der Waals surface area contributed by atoms with Gasteiger partial charge in [0.25, 0.3) is 0 Å². The number of rotatable bonds is 8. The van der Waals surface area contributed by atoms with Gasteiger partial charge >= 0.3 is 0 Å². The Morgan fingerprint density at radius 1 is 1.13 bits per heavy atom. The molecule has 1 atom stereocenters. The highest BCUT2D eigenvalue weighted by atomic mass is 32.2. The standard InChI is InChI=1S/C16H23NO5S/c1-5-22-7-6-17-15(18)10-23-16(17)11-8-13(20-3)14(21-4)9-12(11)19-2/h8-9,16H,5-7,10H2,1-4H3. The van der Waals surface area contributed by atoms with Crippen LogP contribution in [0.4, 0.5) is 0 Å². The van der Waals surface area contributed by atoms with Gasteiger partial charge in [-0.1, -0.05) is 0 Å². The summed E-state index contributed by atoms with van der Waals surface area (Å²) in [5, 5.41) is -0.113. The lowest BCUT2D eigenvalue weighted by Crippen LogP contribution is -2.31. The Morgan fingerprint density at radius 3 is 2.39 bits per heavy atom. The number of carbonyl (C=O) groups excluding carboxylic acids is 1. The summed E-state index contributed by atoms with van der Waals surface area (Å²) >= 11 is 1.58. The summed E-state index contributed by atoms with van der Waals surface area (Å²) < 4.78 is 21.6. The van der Waals surface area contributed by atoms with Crippen LogP contribution in [-0.2, 0) is 9.53 Å². The van der Waals surface area contributed by atoms with Crippen LogP contribution in [-0.4, -0.2) is 57.6 Å². The fourth-order valence-electron chi connectivity index (χ4n) is 2.51. The molecule has 1 fully saturated rings. The molecule has 0 bridgehead atoms. The Balaban J connectivity index is 2.32. The average Bonchev–Trinajstić information content (AvgIpc) is 2.94. The largest absolute Gasteiger partial charge is 0.496 e. The Labute approximate surface area is 141 Å². The maximum absolute atomic E-state index is 12.2. The molecule has 6 nitrogen and oxygen atoms in total. The van der Waals surface area contributed by atoms with Crippen molar-refractivity contribution in [3.05, 3.63) is 17.7 Å².